The largest absolute Gasteiger partial charge is 0.390 e. The SMILES string of the molecule is CC(C)OC(C)C(CC(O)C(O)CCC(=O)C(C)C)OC(C)C. The molecule has 0 saturated carbocycles. The molecule has 0 aromatic heterocycles. The van der Waals surface area contributed by atoms with E-state index in [0.717, 1.165) is 0 Å². The van der Waals surface area contributed by atoms with Gasteiger partial charge < -0.3 is 19.7 Å². The predicted molar refractivity (Wildman–Crippen MR) is 91.4 cm³/mol. The van der Waals surface area contributed by atoms with E-state index in [1.54, 1.807) is 0 Å². The van der Waals surface area contributed by atoms with Crippen LogP contribution in [0.3, 0.4) is 0 Å². The molecule has 0 spiro atoms. The maximum atomic E-state index is 11.6. The number of aliphatic hydroxyl groups is 2. The molecule has 138 valence electrons. The van der Waals surface area contributed by atoms with Gasteiger partial charge >= 0.3 is 0 Å². The molecule has 0 fully saturated rings. The maximum absolute atomic E-state index is 11.6. The van der Waals surface area contributed by atoms with Crippen molar-refractivity contribution in [3.05, 3.63) is 0 Å². The minimum absolute atomic E-state index is 0.00470. The number of rotatable bonds is 12. The van der Waals surface area contributed by atoms with Gasteiger partial charge in [-0.1, -0.05) is 13.8 Å². The number of ether oxygens (including phenoxy) is 2. The first kappa shape index (κ1) is 22.5. The van der Waals surface area contributed by atoms with Gasteiger partial charge in [0.1, 0.15) is 5.78 Å². The van der Waals surface area contributed by atoms with Gasteiger partial charge in [0.25, 0.3) is 0 Å². The zero-order valence-corrected chi connectivity index (χ0v) is 15.8. The second-order valence-electron chi connectivity index (χ2n) is 7.14. The van der Waals surface area contributed by atoms with Crippen molar-refractivity contribution >= 4 is 5.78 Å². The van der Waals surface area contributed by atoms with Crippen LogP contribution in [0.4, 0.5) is 0 Å². The Balaban J connectivity index is 4.55. The van der Waals surface area contributed by atoms with Gasteiger partial charge in [0, 0.05) is 18.8 Å². The van der Waals surface area contributed by atoms with E-state index < -0.39 is 12.2 Å². The van der Waals surface area contributed by atoms with Crippen molar-refractivity contribution in [3.63, 3.8) is 0 Å². The Hall–Kier alpha value is -0.490. The summed E-state index contributed by atoms with van der Waals surface area (Å²) in [6, 6.07) is 0. The molecule has 0 saturated heterocycles. The Bertz CT molecular complexity index is 327. The van der Waals surface area contributed by atoms with E-state index in [2.05, 4.69) is 0 Å². The number of hydrogen-bond acceptors (Lipinski definition) is 5. The van der Waals surface area contributed by atoms with E-state index in [4.69, 9.17) is 9.47 Å². The second-order valence-corrected chi connectivity index (χ2v) is 7.14. The summed E-state index contributed by atoms with van der Waals surface area (Å²) in [6.45, 7) is 13.3. The number of ketones is 1. The molecule has 2 N–H and O–H groups in total. The zero-order chi connectivity index (χ0) is 18.2. The molecule has 0 aliphatic heterocycles. The Morgan fingerprint density at radius 2 is 1.39 bits per heavy atom. The fourth-order valence-electron chi connectivity index (χ4n) is 2.39. The molecule has 0 aromatic rings. The minimum atomic E-state index is -0.933. The van der Waals surface area contributed by atoms with Crippen molar-refractivity contribution in [3.8, 4) is 0 Å². The Kier molecular flexibility index (Phi) is 10.9. The highest BCUT2D eigenvalue weighted by molar-refractivity contribution is 5.80. The zero-order valence-electron chi connectivity index (χ0n) is 15.8. The lowest BCUT2D eigenvalue weighted by Gasteiger charge is -2.30. The fourth-order valence-corrected chi connectivity index (χ4v) is 2.39. The smallest absolute Gasteiger partial charge is 0.135 e. The number of carbonyl (C=O) groups is 1. The van der Waals surface area contributed by atoms with Crippen LogP contribution in [0.15, 0.2) is 0 Å². The van der Waals surface area contributed by atoms with E-state index in [1.165, 1.54) is 0 Å². The summed E-state index contributed by atoms with van der Waals surface area (Å²) in [5.74, 6) is 0.0542. The third-order valence-corrected chi connectivity index (χ3v) is 3.71. The molecule has 0 aliphatic rings. The summed E-state index contributed by atoms with van der Waals surface area (Å²) in [6.07, 6.45) is -1.45. The van der Waals surface area contributed by atoms with E-state index in [1.807, 2.05) is 48.5 Å². The van der Waals surface area contributed by atoms with Crippen LogP contribution in [-0.4, -0.2) is 52.6 Å². The molecular weight excluding hydrogens is 296 g/mol. The van der Waals surface area contributed by atoms with Gasteiger partial charge in [0.15, 0.2) is 0 Å². The van der Waals surface area contributed by atoms with Gasteiger partial charge in [-0.15, -0.1) is 0 Å². The first-order valence-corrected chi connectivity index (χ1v) is 8.74. The predicted octanol–water partition coefficient (Wildman–Crippen LogP) is 2.71. The maximum Gasteiger partial charge on any atom is 0.135 e. The van der Waals surface area contributed by atoms with Gasteiger partial charge in [0.2, 0.25) is 0 Å². The number of hydrogen-bond donors (Lipinski definition) is 2. The number of aliphatic hydroxyl groups excluding tert-OH is 2. The summed E-state index contributed by atoms with van der Waals surface area (Å²) in [7, 11) is 0. The Morgan fingerprint density at radius 1 is 0.870 bits per heavy atom. The molecule has 0 aliphatic carbocycles. The van der Waals surface area contributed by atoms with Gasteiger partial charge in [0.05, 0.1) is 36.6 Å². The molecule has 0 heterocycles. The first-order chi connectivity index (χ1) is 10.5. The van der Waals surface area contributed by atoms with Crippen molar-refractivity contribution in [2.24, 2.45) is 5.92 Å². The molecule has 0 aromatic carbocycles. The summed E-state index contributed by atoms with van der Waals surface area (Å²) < 4.78 is 11.6. The fraction of sp³-hybridized carbons (Fsp3) is 0.944. The Morgan fingerprint density at radius 3 is 1.83 bits per heavy atom. The molecule has 0 rings (SSSR count). The van der Waals surface area contributed by atoms with Crippen molar-refractivity contribution in [1.29, 1.82) is 0 Å². The van der Waals surface area contributed by atoms with Crippen molar-refractivity contribution in [2.75, 3.05) is 0 Å². The van der Waals surface area contributed by atoms with Crippen LogP contribution >= 0.6 is 0 Å². The normalized spacial score (nSPS) is 17.6. The van der Waals surface area contributed by atoms with Crippen LogP contribution in [0.25, 0.3) is 0 Å². The lowest BCUT2D eigenvalue weighted by atomic mass is 9.97. The lowest BCUT2D eigenvalue weighted by molar-refractivity contribution is -0.127. The first-order valence-electron chi connectivity index (χ1n) is 8.74. The average molecular weight is 332 g/mol. The topological polar surface area (TPSA) is 76.0 Å². The van der Waals surface area contributed by atoms with E-state index in [0.29, 0.717) is 0 Å². The molecule has 0 bridgehead atoms. The van der Waals surface area contributed by atoms with Crippen molar-refractivity contribution in [1.82, 2.24) is 0 Å². The summed E-state index contributed by atoms with van der Waals surface area (Å²) in [5.41, 5.74) is 0. The second kappa shape index (κ2) is 11.1. The van der Waals surface area contributed by atoms with Crippen molar-refractivity contribution in [2.45, 2.75) is 104 Å². The highest BCUT2D eigenvalue weighted by atomic mass is 16.5. The van der Waals surface area contributed by atoms with E-state index in [-0.39, 0.29) is 55.4 Å². The molecule has 0 radical (unpaired) electrons. The van der Waals surface area contributed by atoms with Crippen LogP contribution in [0.5, 0.6) is 0 Å². The highest BCUT2D eigenvalue weighted by Crippen LogP contribution is 2.18. The van der Waals surface area contributed by atoms with Crippen LogP contribution in [0.2, 0.25) is 0 Å². The quantitative estimate of drug-likeness (QED) is 0.575. The number of carbonyl (C=O) groups excluding carboxylic acids is 1. The molecule has 5 nitrogen and oxygen atoms in total. The van der Waals surface area contributed by atoms with Gasteiger partial charge in [-0.05, 0) is 41.0 Å². The van der Waals surface area contributed by atoms with Crippen LogP contribution in [0, 0.1) is 5.92 Å². The van der Waals surface area contributed by atoms with E-state index >= 15 is 0 Å². The van der Waals surface area contributed by atoms with Gasteiger partial charge in [-0.25, -0.2) is 0 Å². The van der Waals surface area contributed by atoms with E-state index in [9.17, 15) is 15.0 Å². The molecule has 5 heteroatoms. The van der Waals surface area contributed by atoms with Crippen LogP contribution in [0.1, 0.15) is 67.7 Å². The molecule has 23 heavy (non-hydrogen) atoms. The van der Waals surface area contributed by atoms with Crippen LogP contribution in [-0.2, 0) is 14.3 Å². The third-order valence-electron chi connectivity index (χ3n) is 3.71. The average Bonchev–Trinajstić information content (AvgIpc) is 2.41. The summed E-state index contributed by atoms with van der Waals surface area (Å²) in [4.78, 5) is 11.6. The Labute approximate surface area is 141 Å². The molecule has 4 unspecified atom stereocenters. The molecule has 0 amide bonds. The molecule has 4 atom stereocenters. The van der Waals surface area contributed by atoms with Gasteiger partial charge in [-0.2, -0.15) is 0 Å². The van der Waals surface area contributed by atoms with Crippen molar-refractivity contribution < 1.29 is 24.5 Å². The monoisotopic (exact) mass is 332 g/mol. The minimum Gasteiger partial charge on any atom is -0.390 e. The molecular formula is C18H36O5. The highest BCUT2D eigenvalue weighted by Gasteiger charge is 2.28. The standard InChI is InChI=1S/C18H36O5/c1-11(2)15(19)8-9-16(20)17(21)10-18(23-13(5)6)14(7)22-12(3)4/h11-14,16-18,20-21H,8-10H2,1-7H3. The summed E-state index contributed by atoms with van der Waals surface area (Å²) >= 11 is 0. The van der Waals surface area contributed by atoms with Gasteiger partial charge in [-0.3, -0.25) is 4.79 Å². The van der Waals surface area contributed by atoms with Crippen LogP contribution < -0.4 is 0 Å². The summed E-state index contributed by atoms with van der Waals surface area (Å²) in [5, 5.41) is 20.3. The number of Topliss-reactive ketones (excluding diaryl/α,β-unsaturated/α-hetero) is 1. The third kappa shape index (κ3) is 10.1. The lowest BCUT2D eigenvalue weighted by Crippen LogP contribution is -2.39.